The Labute approximate surface area is 274 Å². The summed E-state index contributed by atoms with van der Waals surface area (Å²) in [5, 5.41) is 6.33. The number of fused-ring (bicyclic) bond motifs is 7. The Kier molecular flexibility index (Phi) is 5.81. The summed E-state index contributed by atoms with van der Waals surface area (Å²) >= 11 is 0. The average Bonchev–Trinajstić information content (AvgIpc) is 3.72. The van der Waals surface area contributed by atoms with Crippen molar-refractivity contribution >= 4 is 54.6 Å². The normalized spacial score (nSPS) is 11.8. The van der Waals surface area contributed by atoms with E-state index < -0.39 is 0 Å². The number of furan rings is 2. The summed E-state index contributed by atoms with van der Waals surface area (Å²) in [6.45, 7) is 0. The maximum absolute atomic E-state index is 6.62. The Morgan fingerprint density at radius 3 is 1.81 bits per heavy atom. The molecule has 10 aromatic rings. The molecule has 0 saturated heterocycles. The van der Waals surface area contributed by atoms with Crippen LogP contribution >= 0.6 is 0 Å². The fraction of sp³-hybridized carbons (Fsp3) is 0. The van der Waals surface area contributed by atoms with Crippen LogP contribution in [-0.4, -0.2) is 15.0 Å². The predicted molar refractivity (Wildman–Crippen MR) is 194 cm³/mol. The summed E-state index contributed by atoms with van der Waals surface area (Å²) in [6.07, 6.45) is 0. The number of nitrogens with zero attached hydrogens (tertiary/aromatic N) is 3. The number of rotatable bonds is 4. The first kappa shape index (κ1) is 26.6. The van der Waals surface area contributed by atoms with E-state index in [1.165, 1.54) is 0 Å². The van der Waals surface area contributed by atoms with Gasteiger partial charge in [0, 0.05) is 32.7 Å². The molecule has 48 heavy (non-hydrogen) atoms. The molecule has 0 N–H and O–H groups in total. The summed E-state index contributed by atoms with van der Waals surface area (Å²) in [7, 11) is 0. The van der Waals surface area contributed by atoms with Crippen LogP contribution in [0.1, 0.15) is 0 Å². The minimum absolute atomic E-state index is 0.542. The fourth-order valence-electron chi connectivity index (χ4n) is 6.82. The monoisotopic (exact) mass is 615 g/mol. The second-order valence-electron chi connectivity index (χ2n) is 12.0. The van der Waals surface area contributed by atoms with Crippen molar-refractivity contribution in [2.24, 2.45) is 0 Å². The molecule has 0 unspecified atom stereocenters. The van der Waals surface area contributed by atoms with E-state index in [0.717, 1.165) is 82.5 Å². The van der Waals surface area contributed by atoms with Crippen LogP contribution in [0.2, 0.25) is 0 Å². The Hall–Kier alpha value is -6.59. The highest BCUT2D eigenvalue weighted by Crippen LogP contribution is 2.42. The lowest BCUT2D eigenvalue weighted by Crippen LogP contribution is -2.01. The third-order valence-corrected chi connectivity index (χ3v) is 9.10. The van der Waals surface area contributed by atoms with Gasteiger partial charge in [0.25, 0.3) is 0 Å². The van der Waals surface area contributed by atoms with E-state index in [-0.39, 0.29) is 0 Å². The standard InChI is InChI=1S/C43H25N3O2/c1-3-12-26(13-4-1)30-23-35(39-34-22-28-16-7-8-17-29(28)24-37(34)47-38(39)25-30)43-45-41(27-14-5-2-6-15-27)44-42(46-43)33-20-11-19-32-31-18-9-10-21-36(31)48-40(32)33/h1-25H. The van der Waals surface area contributed by atoms with Gasteiger partial charge in [-0.25, -0.2) is 15.0 Å². The molecule has 0 fully saturated rings. The van der Waals surface area contributed by atoms with Crippen LogP contribution in [-0.2, 0) is 0 Å². The summed E-state index contributed by atoms with van der Waals surface area (Å²) in [4.78, 5) is 15.5. The van der Waals surface area contributed by atoms with Crippen LogP contribution < -0.4 is 0 Å². The van der Waals surface area contributed by atoms with Crippen molar-refractivity contribution < 1.29 is 8.83 Å². The van der Waals surface area contributed by atoms with Crippen LogP contribution in [0, 0.1) is 0 Å². The number of para-hydroxylation sites is 2. The molecule has 0 aliphatic heterocycles. The summed E-state index contributed by atoms with van der Waals surface area (Å²) < 4.78 is 13.1. The molecule has 0 amide bonds. The van der Waals surface area contributed by atoms with E-state index in [0.29, 0.717) is 17.5 Å². The molecule has 3 aromatic heterocycles. The van der Waals surface area contributed by atoms with Gasteiger partial charge in [-0.1, -0.05) is 115 Å². The number of hydrogen-bond donors (Lipinski definition) is 0. The molecule has 224 valence electrons. The third kappa shape index (κ3) is 4.22. The predicted octanol–water partition coefficient (Wildman–Crippen LogP) is 11.5. The van der Waals surface area contributed by atoms with Crippen molar-refractivity contribution in [3.8, 4) is 45.3 Å². The van der Waals surface area contributed by atoms with Crippen LogP contribution in [0.5, 0.6) is 0 Å². The van der Waals surface area contributed by atoms with Gasteiger partial charge in [-0.05, 0) is 58.3 Å². The van der Waals surface area contributed by atoms with Gasteiger partial charge in [0.1, 0.15) is 22.3 Å². The van der Waals surface area contributed by atoms with E-state index in [1.54, 1.807) is 0 Å². The molecule has 10 rings (SSSR count). The molecule has 0 bridgehead atoms. The summed E-state index contributed by atoms with van der Waals surface area (Å²) in [5.41, 5.74) is 7.85. The average molecular weight is 616 g/mol. The first-order chi connectivity index (χ1) is 23.8. The molecule has 0 aliphatic carbocycles. The van der Waals surface area contributed by atoms with Crippen LogP contribution in [0.4, 0.5) is 0 Å². The smallest absolute Gasteiger partial charge is 0.167 e. The molecule has 3 heterocycles. The highest BCUT2D eigenvalue weighted by molar-refractivity contribution is 6.16. The zero-order valence-electron chi connectivity index (χ0n) is 25.6. The Morgan fingerprint density at radius 1 is 0.354 bits per heavy atom. The second-order valence-corrected chi connectivity index (χ2v) is 12.0. The first-order valence-corrected chi connectivity index (χ1v) is 15.9. The van der Waals surface area contributed by atoms with Crippen molar-refractivity contribution in [2.75, 3.05) is 0 Å². The Bertz CT molecular complexity index is 2840. The van der Waals surface area contributed by atoms with Gasteiger partial charge in [-0.3, -0.25) is 0 Å². The van der Waals surface area contributed by atoms with Crippen molar-refractivity contribution in [1.82, 2.24) is 15.0 Å². The molecule has 5 heteroatoms. The lowest BCUT2D eigenvalue weighted by atomic mass is 9.97. The zero-order valence-corrected chi connectivity index (χ0v) is 25.6. The van der Waals surface area contributed by atoms with Crippen LogP contribution in [0.15, 0.2) is 160 Å². The minimum Gasteiger partial charge on any atom is -0.456 e. The number of aromatic nitrogens is 3. The lowest BCUT2D eigenvalue weighted by Gasteiger charge is -2.11. The molecule has 5 nitrogen and oxygen atoms in total. The van der Waals surface area contributed by atoms with Gasteiger partial charge < -0.3 is 8.83 Å². The van der Waals surface area contributed by atoms with Gasteiger partial charge in [0.2, 0.25) is 0 Å². The molecule has 0 radical (unpaired) electrons. The van der Waals surface area contributed by atoms with Crippen LogP contribution in [0.3, 0.4) is 0 Å². The van der Waals surface area contributed by atoms with Crippen molar-refractivity contribution in [1.29, 1.82) is 0 Å². The van der Waals surface area contributed by atoms with Gasteiger partial charge in [0.05, 0.1) is 5.56 Å². The Morgan fingerprint density at radius 2 is 1.00 bits per heavy atom. The van der Waals surface area contributed by atoms with Gasteiger partial charge in [-0.2, -0.15) is 0 Å². The van der Waals surface area contributed by atoms with Crippen molar-refractivity contribution in [2.45, 2.75) is 0 Å². The maximum Gasteiger partial charge on any atom is 0.167 e. The SMILES string of the molecule is c1ccc(-c2cc(-c3nc(-c4ccccc4)nc(-c4cccc5c4oc4ccccc45)n3)c3c(c2)oc2cc4ccccc4cc23)cc1. The fourth-order valence-corrected chi connectivity index (χ4v) is 6.82. The van der Waals surface area contributed by atoms with Crippen molar-refractivity contribution in [3.05, 3.63) is 152 Å². The topological polar surface area (TPSA) is 65.0 Å². The lowest BCUT2D eigenvalue weighted by molar-refractivity contribution is 0.669. The highest BCUT2D eigenvalue weighted by Gasteiger charge is 2.22. The van der Waals surface area contributed by atoms with Crippen LogP contribution in [0.25, 0.3) is 99.9 Å². The third-order valence-electron chi connectivity index (χ3n) is 9.10. The molecule has 0 saturated carbocycles. The van der Waals surface area contributed by atoms with Gasteiger partial charge >= 0.3 is 0 Å². The minimum atomic E-state index is 0.542. The van der Waals surface area contributed by atoms with Gasteiger partial charge in [-0.15, -0.1) is 0 Å². The molecule has 0 atom stereocenters. The van der Waals surface area contributed by atoms with E-state index in [1.807, 2.05) is 78.9 Å². The quantitative estimate of drug-likeness (QED) is 0.197. The largest absolute Gasteiger partial charge is 0.456 e. The van der Waals surface area contributed by atoms with E-state index in [2.05, 4.69) is 72.8 Å². The summed E-state index contributed by atoms with van der Waals surface area (Å²) in [6, 6.07) is 51.6. The van der Waals surface area contributed by atoms with Gasteiger partial charge in [0.15, 0.2) is 17.5 Å². The first-order valence-electron chi connectivity index (χ1n) is 15.9. The van der Waals surface area contributed by atoms with E-state index >= 15 is 0 Å². The summed E-state index contributed by atoms with van der Waals surface area (Å²) in [5.74, 6) is 1.69. The number of benzene rings is 7. The van der Waals surface area contributed by atoms with E-state index in [9.17, 15) is 0 Å². The second kappa shape index (κ2) is 10.5. The Balaban J connectivity index is 1.31. The molecular formula is C43H25N3O2. The van der Waals surface area contributed by atoms with Crippen molar-refractivity contribution in [3.63, 3.8) is 0 Å². The molecule has 0 spiro atoms. The maximum atomic E-state index is 6.62. The highest BCUT2D eigenvalue weighted by atomic mass is 16.3. The molecular weight excluding hydrogens is 590 g/mol. The van der Waals surface area contributed by atoms with E-state index in [4.69, 9.17) is 23.8 Å². The number of hydrogen-bond acceptors (Lipinski definition) is 5. The molecule has 7 aromatic carbocycles. The molecule has 0 aliphatic rings. The zero-order chi connectivity index (χ0) is 31.6.